The van der Waals surface area contributed by atoms with Crippen LogP contribution in [0.3, 0.4) is 0 Å². The van der Waals surface area contributed by atoms with Gasteiger partial charge in [0.2, 0.25) is 0 Å². The minimum absolute atomic E-state index is 0.000425. The molecule has 0 amide bonds. The van der Waals surface area contributed by atoms with Crippen LogP contribution in [0, 0.1) is 0 Å². The van der Waals surface area contributed by atoms with Crippen LogP contribution in [0.15, 0.2) is 30.3 Å². The van der Waals surface area contributed by atoms with Crippen molar-refractivity contribution < 1.29 is 27.9 Å². The van der Waals surface area contributed by atoms with Crippen molar-refractivity contribution in [3.05, 3.63) is 41.5 Å². The van der Waals surface area contributed by atoms with E-state index in [1.54, 1.807) is 12.1 Å². The van der Waals surface area contributed by atoms with E-state index in [0.717, 1.165) is 30.4 Å². The largest absolute Gasteiger partial charge is 0.507 e. The molecule has 1 aliphatic carbocycles. The lowest BCUT2D eigenvalue weighted by molar-refractivity contribution is 0.180. The van der Waals surface area contributed by atoms with E-state index in [2.05, 4.69) is 0 Å². The Bertz CT molecular complexity index is 835. The molecule has 0 saturated heterocycles. The van der Waals surface area contributed by atoms with Gasteiger partial charge in [-0.2, -0.15) is 4.21 Å². The summed E-state index contributed by atoms with van der Waals surface area (Å²) in [5, 5.41) is 20.9. The van der Waals surface area contributed by atoms with Crippen LogP contribution >= 0.6 is 0 Å². The van der Waals surface area contributed by atoms with Gasteiger partial charge in [-0.25, -0.2) is 0 Å². The molecule has 146 valence electrons. The van der Waals surface area contributed by atoms with Gasteiger partial charge in [0, 0.05) is 11.1 Å². The van der Waals surface area contributed by atoms with Gasteiger partial charge in [-0.15, -0.1) is 0 Å². The average molecular weight is 392 g/mol. The zero-order valence-electron chi connectivity index (χ0n) is 15.2. The molecule has 0 aromatic heterocycles. The second kappa shape index (κ2) is 8.73. The van der Waals surface area contributed by atoms with Gasteiger partial charge in [0.05, 0.1) is 13.2 Å². The number of hydrogen-bond acceptors (Lipinski definition) is 5. The highest BCUT2D eigenvalue weighted by atomic mass is 32.2. The lowest BCUT2D eigenvalue weighted by Gasteiger charge is -2.15. The van der Waals surface area contributed by atoms with E-state index < -0.39 is 11.4 Å². The van der Waals surface area contributed by atoms with Crippen LogP contribution in [0.4, 0.5) is 0 Å². The molecule has 0 spiro atoms. The molecule has 2 atom stereocenters. The van der Waals surface area contributed by atoms with Crippen molar-refractivity contribution in [3.63, 3.8) is 0 Å². The maximum absolute atomic E-state index is 11.1. The molecule has 2 aromatic carbocycles. The number of rotatable bonds is 3. The molecular weight excluding hydrogens is 368 g/mol. The van der Waals surface area contributed by atoms with Crippen LogP contribution in [0.5, 0.6) is 17.2 Å². The summed E-state index contributed by atoms with van der Waals surface area (Å²) >= 11 is -2.29. The maximum atomic E-state index is 11.1. The van der Waals surface area contributed by atoms with Crippen LogP contribution in [0.25, 0.3) is 11.1 Å². The standard InChI is InChI=1S/C20H24O6S/c1-25-19-12-14-4-2-3-5-15(26-27(23)24)8-6-13-7-9-18(21)16(10-13)17(11-14)20(19)22/h7,9-12,15,21-22H,2-6,8H2,1H3,(H,23,24)/t15-/m0/s1. The number of ether oxygens (including phenoxy) is 1. The first kappa shape index (κ1) is 19.7. The third kappa shape index (κ3) is 4.80. The molecule has 3 rings (SSSR count). The summed E-state index contributed by atoms with van der Waals surface area (Å²) in [6.45, 7) is 0. The Balaban J connectivity index is 2.03. The third-order valence-corrected chi connectivity index (χ3v) is 5.36. The molecule has 2 aromatic rings. The predicted molar refractivity (Wildman–Crippen MR) is 103 cm³/mol. The third-order valence-electron chi connectivity index (χ3n) is 4.92. The molecule has 27 heavy (non-hydrogen) atoms. The number of methoxy groups -OCH3 is 1. The van der Waals surface area contributed by atoms with Crippen molar-refractivity contribution in [1.29, 1.82) is 0 Å². The highest BCUT2D eigenvalue weighted by Crippen LogP contribution is 2.42. The van der Waals surface area contributed by atoms with Gasteiger partial charge in [0.15, 0.2) is 11.5 Å². The number of aromatic hydroxyl groups is 2. The number of fused-ring (bicyclic) bond motifs is 5. The number of aryl methyl sites for hydroxylation is 2. The summed E-state index contributed by atoms with van der Waals surface area (Å²) < 4.78 is 30.6. The number of benzene rings is 2. The van der Waals surface area contributed by atoms with E-state index in [1.165, 1.54) is 7.11 Å². The minimum Gasteiger partial charge on any atom is -0.507 e. The number of phenols is 2. The van der Waals surface area contributed by atoms with E-state index in [1.807, 2.05) is 18.2 Å². The molecule has 0 radical (unpaired) electrons. The summed E-state index contributed by atoms with van der Waals surface area (Å²) in [6.07, 6.45) is 4.10. The maximum Gasteiger partial charge on any atom is 0.302 e. The lowest BCUT2D eigenvalue weighted by Crippen LogP contribution is -2.15. The second-order valence-corrected chi connectivity index (χ2v) is 7.39. The first-order valence-electron chi connectivity index (χ1n) is 8.98. The summed E-state index contributed by atoms with van der Waals surface area (Å²) in [4.78, 5) is 0. The molecule has 0 aliphatic heterocycles. The quantitative estimate of drug-likeness (QED) is 0.685. The second-order valence-electron chi connectivity index (χ2n) is 6.77. The molecule has 1 aliphatic rings. The molecule has 0 fully saturated rings. The smallest absolute Gasteiger partial charge is 0.302 e. The fourth-order valence-electron chi connectivity index (χ4n) is 3.51. The topological polar surface area (TPSA) is 96.2 Å². The molecule has 3 N–H and O–H groups in total. The Kier molecular flexibility index (Phi) is 6.36. The fraction of sp³-hybridized carbons (Fsp3) is 0.400. The average Bonchev–Trinajstić information content (AvgIpc) is 2.65. The van der Waals surface area contributed by atoms with Gasteiger partial charge < -0.3 is 14.9 Å². The molecule has 7 heteroatoms. The van der Waals surface area contributed by atoms with Crippen molar-refractivity contribution in [2.75, 3.05) is 7.11 Å². The van der Waals surface area contributed by atoms with E-state index in [-0.39, 0.29) is 17.6 Å². The van der Waals surface area contributed by atoms with Crippen molar-refractivity contribution >= 4 is 11.4 Å². The Labute approximate surface area is 161 Å². The van der Waals surface area contributed by atoms with Gasteiger partial charge in [0.25, 0.3) is 0 Å². The van der Waals surface area contributed by atoms with Gasteiger partial charge in [-0.1, -0.05) is 12.5 Å². The molecular formula is C20H24O6S. The predicted octanol–water partition coefficient (Wildman–Crippen LogP) is 3.95. The highest BCUT2D eigenvalue weighted by Gasteiger charge is 2.18. The molecule has 0 saturated carbocycles. The van der Waals surface area contributed by atoms with Crippen LogP contribution in [0.2, 0.25) is 0 Å². The minimum atomic E-state index is -2.29. The van der Waals surface area contributed by atoms with Crippen molar-refractivity contribution in [3.8, 4) is 28.4 Å². The van der Waals surface area contributed by atoms with Crippen molar-refractivity contribution in [1.82, 2.24) is 0 Å². The summed E-state index contributed by atoms with van der Waals surface area (Å²) in [5.74, 6) is 0.451. The van der Waals surface area contributed by atoms with Crippen molar-refractivity contribution in [2.24, 2.45) is 0 Å². The van der Waals surface area contributed by atoms with Gasteiger partial charge in [-0.3, -0.25) is 8.74 Å². The van der Waals surface area contributed by atoms with Crippen LogP contribution in [-0.2, 0) is 28.4 Å². The highest BCUT2D eigenvalue weighted by molar-refractivity contribution is 7.74. The van der Waals surface area contributed by atoms with E-state index in [0.29, 0.717) is 36.1 Å². The van der Waals surface area contributed by atoms with E-state index >= 15 is 0 Å². The summed E-state index contributed by atoms with van der Waals surface area (Å²) in [7, 11) is 1.50. The van der Waals surface area contributed by atoms with Gasteiger partial charge in [0.1, 0.15) is 5.75 Å². The Morgan fingerprint density at radius 3 is 2.52 bits per heavy atom. The zero-order valence-corrected chi connectivity index (χ0v) is 16.0. The Morgan fingerprint density at radius 1 is 1.00 bits per heavy atom. The van der Waals surface area contributed by atoms with Gasteiger partial charge >= 0.3 is 11.4 Å². The zero-order chi connectivity index (χ0) is 19.4. The molecule has 4 bridgehead atoms. The van der Waals surface area contributed by atoms with E-state index in [4.69, 9.17) is 13.5 Å². The summed E-state index contributed by atoms with van der Waals surface area (Å²) in [5.41, 5.74) is 3.01. The van der Waals surface area contributed by atoms with E-state index in [9.17, 15) is 14.4 Å². The van der Waals surface area contributed by atoms with Crippen LogP contribution in [-0.4, -0.2) is 32.2 Å². The number of hydrogen-bond donors (Lipinski definition) is 3. The summed E-state index contributed by atoms with van der Waals surface area (Å²) in [6, 6.07) is 8.92. The van der Waals surface area contributed by atoms with Gasteiger partial charge in [-0.05, 0) is 67.5 Å². The Morgan fingerprint density at radius 2 is 1.78 bits per heavy atom. The molecule has 6 nitrogen and oxygen atoms in total. The normalized spacial score (nSPS) is 18.7. The Hall–Kier alpha value is -2.09. The van der Waals surface area contributed by atoms with Crippen LogP contribution in [0.1, 0.15) is 36.8 Å². The van der Waals surface area contributed by atoms with Crippen LogP contribution < -0.4 is 4.74 Å². The number of phenolic OH excluding ortho intramolecular Hbond substituents is 2. The van der Waals surface area contributed by atoms with Crippen molar-refractivity contribution in [2.45, 2.75) is 44.6 Å². The molecule has 0 heterocycles. The lowest BCUT2D eigenvalue weighted by atomic mass is 9.96. The first-order chi connectivity index (χ1) is 13.0. The molecule has 1 unspecified atom stereocenters. The first-order valence-corrected chi connectivity index (χ1v) is 10.0. The SMILES string of the molecule is COc1cc2cc(c1O)-c1cc(ccc1O)CC[C@@H](OS(=O)O)CCCC2. The fourth-order valence-corrected chi connectivity index (χ4v) is 3.94. The monoisotopic (exact) mass is 392 g/mol.